The number of ether oxygens (including phenoxy) is 1. The van der Waals surface area contributed by atoms with Crippen molar-refractivity contribution < 1.29 is 4.74 Å². The summed E-state index contributed by atoms with van der Waals surface area (Å²) in [5, 5.41) is 10.1. The number of nitrogens with one attached hydrogen (secondary N) is 1. The third kappa shape index (κ3) is 2.85. The summed E-state index contributed by atoms with van der Waals surface area (Å²) in [6.45, 7) is 1.84. The third-order valence-corrected chi connectivity index (χ3v) is 4.81. The number of aromatic amines is 1. The minimum Gasteiger partial charge on any atom is -0.497 e. The summed E-state index contributed by atoms with van der Waals surface area (Å²) in [7, 11) is 1.70. The van der Waals surface area contributed by atoms with Gasteiger partial charge >= 0.3 is 0 Å². The zero-order chi connectivity index (χ0) is 17.2. The summed E-state index contributed by atoms with van der Waals surface area (Å²) in [6.07, 6.45) is 5.38. The van der Waals surface area contributed by atoms with Crippen LogP contribution in [0.25, 0.3) is 16.5 Å². The zero-order valence-electron chi connectivity index (χ0n) is 14.1. The fraction of sp³-hybridized carbons (Fsp3) is 0.190. The van der Waals surface area contributed by atoms with Gasteiger partial charge in [-0.25, -0.2) is 0 Å². The maximum atomic E-state index is 8.92. The highest BCUT2D eigenvalue weighted by Crippen LogP contribution is 2.32. The standard InChI is InChI=1S/C21H19N3O/c1-25-18-6-7-21-19(12-18)20(14-23-21)16-8-10-24(11-9-16)17-4-2-15(13-22)3-5-17/h2-8,12,14,23H,9-11H2,1H3. The van der Waals surface area contributed by atoms with Gasteiger partial charge in [0.2, 0.25) is 0 Å². The van der Waals surface area contributed by atoms with Crippen molar-refractivity contribution in [1.82, 2.24) is 4.98 Å². The monoisotopic (exact) mass is 329 g/mol. The molecule has 124 valence electrons. The van der Waals surface area contributed by atoms with E-state index in [1.807, 2.05) is 30.3 Å². The van der Waals surface area contributed by atoms with Gasteiger partial charge in [-0.15, -0.1) is 0 Å². The van der Waals surface area contributed by atoms with E-state index in [0.717, 1.165) is 36.5 Å². The van der Waals surface area contributed by atoms with Gasteiger partial charge in [-0.05, 0) is 54.5 Å². The Morgan fingerprint density at radius 2 is 2.00 bits per heavy atom. The number of fused-ring (bicyclic) bond motifs is 1. The van der Waals surface area contributed by atoms with Gasteiger partial charge in [0.1, 0.15) is 5.75 Å². The molecule has 0 amide bonds. The van der Waals surface area contributed by atoms with Gasteiger partial charge in [0, 0.05) is 41.4 Å². The number of anilines is 1. The number of nitrogens with zero attached hydrogens (tertiary/aromatic N) is 2. The number of benzene rings is 2. The molecule has 0 spiro atoms. The predicted molar refractivity (Wildman–Crippen MR) is 101 cm³/mol. The van der Waals surface area contributed by atoms with Gasteiger partial charge in [0.25, 0.3) is 0 Å². The molecule has 1 aromatic heterocycles. The topological polar surface area (TPSA) is 52.0 Å². The van der Waals surface area contributed by atoms with Crippen molar-refractivity contribution in [2.24, 2.45) is 0 Å². The maximum absolute atomic E-state index is 8.92. The molecule has 4 heteroatoms. The lowest BCUT2D eigenvalue weighted by molar-refractivity contribution is 0.415. The first-order chi connectivity index (χ1) is 12.3. The van der Waals surface area contributed by atoms with Crippen LogP contribution in [0.1, 0.15) is 17.5 Å². The largest absolute Gasteiger partial charge is 0.497 e. The van der Waals surface area contributed by atoms with E-state index in [2.05, 4.69) is 40.4 Å². The lowest BCUT2D eigenvalue weighted by Gasteiger charge is -2.28. The minimum absolute atomic E-state index is 0.699. The lowest BCUT2D eigenvalue weighted by Crippen LogP contribution is -2.28. The van der Waals surface area contributed by atoms with E-state index in [4.69, 9.17) is 10.00 Å². The molecule has 1 aliphatic heterocycles. The molecule has 2 heterocycles. The molecule has 4 nitrogen and oxygen atoms in total. The van der Waals surface area contributed by atoms with Gasteiger partial charge in [0.05, 0.1) is 18.7 Å². The third-order valence-electron chi connectivity index (χ3n) is 4.81. The average molecular weight is 329 g/mol. The van der Waals surface area contributed by atoms with Crippen LogP contribution in [-0.2, 0) is 0 Å². The molecule has 3 aromatic rings. The number of nitriles is 1. The molecular formula is C21H19N3O. The van der Waals surface area contributed by atoms with Crippen molar-refractivity contribution >= 4 is 22.2 Å². The Labute approximate surface area is 147 Å². The highest BCUT2D eigenvalue weighted by atomic mass is 16.5. The Hall–Kier alpha value is -3.19. The first-order valence-corrected chi connectivity index (χ1v) is 8.38. The first kappa shape index (κ1) is 15.3. The molecule has 0 fully saturated rings. The molecule has 0 bridgehead atoms. The Kier molecular flexibility index (Phi) is 3.91. The van der Waals surface area contributed by atoms with Crippen molar-refractivity contribution in [2.45, 2.75) is 6.42 Å². The van der Waals surface area contributed by atoms with Crippen molar-refractivity contribution in [2.75, 3.05) is 25.1 Å². The second-order valence-electron chi connectivity index (χ2n) is 6.20. The van der Waals surface area contributed by atoms with E-state index in [-0.39, 0.29) is 0 Å². The molecule has 25 heavy (non-hydrogen) atoms. The quantitative estimate of drug-likeness (QED) is 0.777. The van der Waals surface area contributed by atoms with Crippen LogP contribution in [0.5, 0.6) is 5.75 Å². The zero-order valence-corrected chi connectivity index (χ0v) is 14.1. The number of aromatic nitrogens is 1. The lowest BCUT2D eigenvalue weighted by atomic mass is 9.98. The van der Waals surface area contributed by atoms with Crippen molar-refractivity contribution in [3.8, 4) is 11.8 Å². The van der Waals surface area contributed by atoms with Crippen LogP contribution >= 0.6 is 0 Å². The highest BCUT2D eigenvalue weighted by Gasteiger charge is 2.16. The van der Waals surface area contributed by atoms with Crippen LogP contribution < -0.4 is 9.64 Å². The number of rotatable bonds is 3. The molecule has 4 rings (SSSR count). The second kappa shape index (κ2) is 6.37. The van der Waals surface area contributed by atoms with Crippen molar-refractivity contribution in [3.05, 3.63) is 65.9 Å². The molecule has 0 radical (unpaired) electrons. The normalized spacial score (nSPS) is 14.2. The highest BCUT2D eigenvalue weighted by molar-refractivity contribution is 5.94. The molecule has 0 atom stereocenters. The maximum Gasteiger partial charge on any atom is 0.119 e. The van der Waals surface area contributed by atoms with Gasteiger partial charge in [-0.2, -0.15) is 5.26 Å². The van der Waals surface area contributed by atoms with E-state index < -0.39 is 0 Å². The molecule has 1 aliphatic rings. The van der Waals surface area contributed by atoms with Crippen molar-refractivity contribution in [1.29, 1.82) is 5.26 Å². The predicted octanol–water partition coefficient (Wildman–Crippen LogP) is 4.34. The fourth-order valence-corrected chi connectivity index (χ4v) is 3.39. The summed E-state index contributed by atoms with van der Waals surface area (Å²) in [6, 6.07) is 16.1. The summed E-state index contributed by atoms with van der Waals surface area (Å²) in [5.74, 6) is 0.879. The number of H-pyrrole nitrogens is 1. The van der Waals surface area contributed by atoms with E-state index in [9.17, 15) is 0 Å². The Morgan fingerprint density at radius 1 is 1.16 bits per heavy atom. The summed E-state index contributed by atoms with van der Waals surface area (Å²) in [4.78, 5) is 5.69. The number of methoxy groups -OCH3 is 1. The van der Waals surface area contributed by atoms with Crippen LogP contribution in [0.4, 0.5) is 5.69 Å². The van der Waals surface area contributed by atoms with Gasteiger partial charge < -0.3 is 14.6 Å². The Morgan fingerprint density at radius 3 is 2.68 bits per heavy atom. The summed E-state index contributed by atoms with van der Waals surface area (Å²) < 4.78 is 5.36. The van der Waals surface area contributed by atoms with E-state index in [1.54, 1.807) is 7.11 Å². The van der Waals surface area contributed by atoms with Crippen LogP contribution in [0.2, 0.25) is 0 Å². The van der Waals surface area contributed by atoms with Crippen LogP contribution in [0, 0.1) is 11.3 Å². The van der Waals surface area contributed by atoms with Gasteiger partial charge in [-0.3, -0.25) is 0 Å². The van der Waals surface area contributed by atoms with E-state index in [0.29, 0.717) is 5.56 Å². The first-order valence-electron chi connectivity index (χ1n) is 8.38. The van der Waals surface area contributed by atoms with Gasteiger partial charge in [0.15, 0.2) is 0 Å². The molecule has 0 aliphatic carbocycles. The summed E-state index contributed by atoms with van der Waals surface area (Å²) >= 11 is 0. The molecule has 0 unspecified atom stereocenters. The molecule has 0 saturated carbocycles. The van der Waals surface area contributed by atoms with E-state index in [1.165, 1.54) is 16.5 Å². The Bertz CT molecular complexity index is 977. The van der Waals surface area contributed by atoms with Crippen LogP contribution in [0.3, 0.4) is 0 Å². The smallest absolute Gasteiger partial charge is 0.119 e. The average Bonchev–Trinajstić information content (AvgIpc) is 3.11. The SMILES string of the molecule is COc1ccc2[nH]cc(C3=CCN(c4ccc(C#N)cc4)CC3)c2c1. The molecule has 0 saturated heterocycles. The summed E-state index contributed by atoms with van der Waals surface area (Å²) in [5.41, 5.74) is 5.61. The number of hydrogen-bond acceptors (Lipinski definition) is 3. The van der Waals surface area contributed by atoms with Crippen molar-refractivity contribution in [3.63, 3.8) is 0 Å². The van der Waals surface area contributed by atoms with Crippen LogP contribution in [0.15, 0.2) is 54.7 Å². The Balaban J connectivity index is 1.59. The molecule has 2 aromatic carbocycles. The van der Waals surface area contributed by atoms with E-state index >= 15 is 0 Å². The fourth-order valence-electron chi connectivity index (χ4n) is 3.39. The molecule has 1 N–H and O–H groups in total. The molecular weight excluding hydrogens is 310 g/mol. The van der Waals surface area contributed by atoms with Crippen LogP contribution in [-0.4, -0.2) is 25.2 Å². The minimum atomic E-state index is 0.699. The second-order valence-corrected chi connectivity index (χ2v) is 6.20. The van der Waals surface area contributed by atoms with Gasteiger partial charge in [-0.1, -0.05) is 6.08 Å². The number of hydrogen-bond donors (Lipinski definition) is 1.